The number of hydrogen-bond acceptors (Lipinski definition) is 6. The molecular weight excluding hydrogens is 492 g/mol. The number of anilines is 1. The fourth-order valence-electron chi connectivity index (χ4n) is 4.85. The van der Waals surface area contributed by atoms with Gasteiger partial charge in [0.1, 0.15) is 10.8 Å². The van der Waals surface area contributed by atoms with Gasteiger partial charge in [0.05, 0.1) is 30.7 Å². The summed E-state index contributed by atoms with van der Waals surface area (Å²) in [7, 11) is 3.41. The van der Waals surface area contributed by atoms with Gasteiger partial charge in [0, 0.05) is 54.1 Å². The zero-order valence-electron chi connectivity index (χ0n) is 21.0. The molecule has 9 nitrogen and oxygen atoms in total. The molecule has 0 spiro atoms. The number of aliphatic hydroxyl groups is 1. The predicted octanol–water partition coefficient (Wildman–Crippen LogP) is 3.78. The zero-order valence-corrected chi connectivity index (χ0v) is 21.7. The van der Waals surface area contributed by atoms with Crippen molar-refractivity contribution < 1.29 is 5.11 Å². The summed E-state index contributed by atoms with van der Waals surface area (Å²) in [5, 5.41) is 20.0. The molecule has 37 heavy (non-hydrogen) atoms. The van der Waals surface area contributed by atoms with Gasteiger partial charge < -0.3 is 15.0 Å². The minimum atomic E-state index is -0.243. The third-order valence-corrected chi connectivity index (χ3v) is 6.85. The van der Waals surface area contributed by atoms with Crippen LogP contribution in [0.3, 0.4) is 0 Å². The van der Waals surface area contributed by atoms with E-state index in [4.69, 9.17) is 11.6 Å². The molecule has 0 saturated heterocycles. The molecule has 1 unspecified atom stereocenters. The van der Waals surface area contributed by atoms with E-state index in [2.05, 4.69) is 21.5 Å². The van der Waals surface area contributed by atoms with Crippen LogP contribution in [0.5, 0.6) is 0 Å². The first kappa shape index (κ1) is 24.7. The number of aromatic nitrogens is 5. The lowest BCUT2D eigenvalue weighted by molar-refractivity contribution is 0.271. The van der Waals surface area contributed by atoms with Gasteiger partial charge in [0.25, 0.3) is 11.1 Å². The molecule has 0 aliphatic heterocycles. The molecule has 0 radical (unpaired) electrons. The van der Waals surface area contributed by atoms with Crippen molar-refractivity contribution in [1.82, 2.24) is 23.9 Å². The largest absolute Gasteiger partial charge is 0.394 e. The van der Waals surface area contributed by atoms with Crippen LogP contribution >= 0.6 is 11.6 Å². The highest BCUT2D eigenvalue weighted by Crippen LogP contribution is 2.35. The molecule has 1 aromatic carbocycles. The Morgan fingerprint density at radius 3 is 2.62 bits per heavy atom. The lowest BCUT2D eigenvalue weighted by atomic mass is 9.95. The Kier molecular flexibility index (Phi) is 6.35. The standard InChI is InChI=1S/C27H27ClN6O3/c1-15-11-18(24-19(12-15)27(37)33(4)26-20(24)14-29-34(26)9-10-35)16(2)30-21-5-6-22(28)31-25(21)17-7-8-32(3)23(36)13-17/h5-8,11-14,16,30,35H,9-10H2,1-4H3. The summed E-state index contributed by atoms with van der Waals surface area (Å²) in [6.45, 7) is 4.17. The van der Waals surface area contributed by atoms with Crippen molar-refractivity contribution in [1.29, 1.82) is 0 Å². The second-order valence-electron chi connectivity index (χ2n) is 9.23. The molecular formula is C27H27ClN6O3. The summed E-state index contributed by atoms with van der Waals surface area (Å²) in [6.07, 6.45) is 3.44. The SMILES string of the molecule is Cc1cc(C(C)Nc2ccc(Cl)nc2-c2ccn(C)c(=O)c2)c2c(c1)c(=O)n(C)c1c2cnn1CCO. The molecule has 5 aromatic rings. The molecule has 0 fully saturated rings. The first-order valence-corrected chi connectivity index (χ1v) is 12.3. The first-order valence-electron chi connectivity index (χ1n) is 11.9. The topological polar surface area (TPSA) is 107 Å². The van der Waals surface area contributed by atoms with Crippen LogP contribution in [0.4, 0.5) is 5.69 Å². The van der Waals surface area contributed by atoms with Crippen molar-refractivity contribution in [2.45, 2.75) is 26.4 Å². The van der Waals surface area contributed by atoms with Gasteiger partial charge in [-0.2, -0.15) is 5.10 Å². The maximum Gasteiger partial charge on any atom is 0.259 e. The zero-order chi connectivity index (χ0) is 26.4. The van der Waals surface area contributed by atoms with Crippen LogP contribution in [0.2, 0.25) is 5.15 Å². The molecule has 190 valence electrons. The Morgan fingerprint density at radius 2 is 1.89 bits per heavy atom. The molecule has 2 N–H and O–H groups in total. The molecule has 1 atom stereocenters. The van der Waals surface area contributed by atoms with E-state index < -0.39 is 0 Å². The molecule has 0 bridgehead atoms. The number of rotatable bonds is 6. The van der Waals surface area contributed by atoms with Gasteiger partial charge in [0.2, 0.25) is 0 Å². The van der Waals surface area contributed by atoms with Crippen LogP contribution in [0.25, 0.3) is 33.1 Å². The number of pyridine rings is 3. The van der Waals surface area contributed by atoms with Gasteiger partial charge in [0.15, 0.2) is 0 Å². The second-order valence-corrected chi connectivity index (χ2v) is 9.62. The quantitative estimate of drug-likeness (QED) is 0.331. The minimum Gasteiger partial charge on any atom is -0.394 e. The predicted molar refractivity (Wildman–Crippen MR) is 146 cm³/mol. The van der Waals surface area contributed by atoms with Gasteiger partial charge >= 0.3 is 0 Å². The van der Waals surface area contributed by atoms with Gasteiger partial charge in [-0.05, 0) is 49.2 Å². The molecule has 5 rings (SSSR count). The van der Waals surface area contributed by atoms with E-state index in [0.29, 0.717) is 33.1 Å². The van der Waals surface area contributed by atoms with Gasteiger partial charge in [-0.25, -0.2) is 9.67 Å². The summed E-state index contributed by atoms with van der Waals surface area (Å²) in [5.41, 5.74) is 4.16. The van der Waals surface area contributed by atoms with Crippen LogP contribution in [0.15, 0.2) is 58.4 Å². The van der Waals surface area contributed by atoms with E-state index in [1.54, 1.807) is 41.8 Å². The van der Waals surface area contributed by atoms with Crippen molar-refractivity contribution in [3.63, 3.8) is 0 Å². The first-order chi connectivity index (χ1) is 17.7. The summed E-state index contributed by atoms with van der Waals surface area (Å²) in [4.78, 5) is 30.2. The summed E-state index contributed by atoms with van der Waals surface area (Å²) >= 11 is 6.23. The van der Waals surface area contributed by atoms with Crippen molar-refractivity contribution in [2.24, 2.45) is 14.1 Å². The third-order valence-electron chi connectivity index (χ3n) is 6.64. The number of benzene rings is 1. The van der Waals surface area contributed by atoms with Crippen LogP contribution in [-0.4, -0.2) is 35.6 Å². The average molecular weight is 519 g/mol. The molecule has 4 heterocycles. The number of nitrogens with zero attached hydrogens (tertiary/aromatic N) is 5. The van der Waals surface area contributed by atoms with Crippen LogP contribution < -0.4 is 16.4 Å². The highest BCUT2D eigenvalue weighted by molar-refractivity contribution is 6.29. The highest BCUT2D eigenvalue weighted by atomic mass is 35.5. The van der Waals surface area contributed by atoms with E-state index in [1.807, 2.05) is 32.0 Å². The Labute approximate surface area is 217 Å². The Hall–Kier alpha value is -3.95. The number of fused-ring (bicyclic) bond motifs is 3. The monoisotopic (exact) mass is 518 g/mol. The Morgan fingerprint density at radius 1 is 1.11 bits per heavy atom. The average Bonchev–Trinajstić information content (AvgIpc) is 3.28. The number of nitrogens with one attached hydrogen (secondary N) is 1. The lowest BCUT2D eigenvalue weighted by Crippen LogP contribution is -2.21. The summed E-state index contributed by atoms with van der Waals surface area (Å²) in [6, 6.07) is 10.6. The van der Waals surface area contributed by atoms with Gasteiger partial charge in [-0.3, -0.25) is 14.2 Å². The highest BCUT2D eigenvalue weighted by Gasteiger charge is 2.21. The number of halogens is 1. The number of hydrogen-bond donors (Lipinski definition) is 2. The normalized spacial score (nSPS) is 12.4. The van der Waals surface area contributed by atoms with E-state index in [0.717, 1.165) is 21.9 Å². The summed E-state index contributed by atoms with van der Waals surface area (Å²) in [5.74, 6) is 0. The Bertz CT molecular complexity index is 1790. The minimum absolute atomic E-state index is 0.0867. The fourth-order valence-corrected chi connectivity index (χ4v) is 5.00. The second kappa shape index (κ2) is 9.49. The maximum absolute atomic E-state index is 13.4. The van der Waals surface area contributed by atoms with Crippen molar-refractivity contribution >= 4 is 39.1 Å². The molecule has 0 aliphatic rings. The fraction of sp³-hybridized carbons (Fsp3) is 0.259. The van der Waals surface area contributed by atoms with Crippen LogP contribution in [0.1, 0.15) is 24.1 Å². The number of aliphatic hydroxyl groups excluding tert-OH is 1. The summed E-state index contributed by atoms with van der Waals surface area (Å²) < 4.78 is 4.72. The molecule has 0 amide bonds. The van der Waals surface area contributed by atoms with Gasteiger partial charge in [-0.15, -0.1) is 0 Å². The van der Waals surface area contributed by atoms with E-state index in [-0.39, 0.29) is 30.3 Å². The Balaban J connectivity index is 1.69. The van der Waals surface area contributed by atoms with E-state index >= 15 is 0 Å². The molecule has 0 saturated carbocycles. The maximum atomic E-state index is 13.4. The molecule has 4 aromatic heterocycles. The van der Waals surface area contributed by atoms with Crippen molar-refractivity contribution in [3.05, 3.63) is 85.8 Å². The number of aryl methyl sites for hydroxylation is 3. The van der Waals surface area contributed by atoms with Crippen LogP contribution in [0, 0.1) is 6.92 Å². The van der Waals surface area contributed by atoms with Crippen molar-refractivity contribution in [2.75, 3.05) is 11.9 Å². The van der Waals surface area contributed by atoms with E-state index in [9.17, 15) is 14.7 Å². The lowest BCUT2D eigenvalue weighted by Gasteiger charge is -2.21. The smallest absolute Gasteiger partial charge is 0.259 e. The third kappa shape index (κ3) is 4.30. The van der Waals surface area contributed by atoms with Crippen molar-refractivity contribution in [3.8, 4) is 11.3 Å². The molecule has 10 heteroatoms. The van der Waals surface area contributed by atoms with E-state index in [1.165, 1.54) is 10.6 Å². The molecule has 0 aliphatic carbocycles. The van der Waals surface area contributed by atoms with Gasteiger partial charge in [-0.1, -0.05) is 17.7 Å². The van der Waals surface area contributed by atoms with Crippen LogP contribution in [-0.2, 0) is 20.6 Å².